The molecule has 0 aromatic heterocycles. The number of hydrogen-bond donors (Lipinski definition) is 0. The number of carbonyl (C=O) groups is 1. The largest absolute Gasteiger partial charge is 0.288 e. The van der Waals surface area contributed by atoms with Crippen molar-refractivity contribution in [3.05, 3.63) is 65.1 Å². The summed E-state index contributed by atoms with van der Waals surface area (Å²) >= 11 is 26.0. The van der Waals surface area contributed by atoms with Crippen molar-refractivity contribution in [1.82, 2.24) is 0 Å². The third kappa shape index (κ3) is 3.03. The normalized spacial score (nSPS) is 10.6. The third-order valence-electron chi connectivity index (χ3n) is 2.46. The first-order valence-corrected chi connectivity index (χ1v) is 7.64. The van der Waals surface area contributed by atoms with Crippen LogP contribution in [0.3, 0.4) is 0 Å². The monoisotopic (exact) mass is 444 g/mol. The molecule has 0 unspecified atom stereocenters. The Morgan fingerprint density at radius 2 is 1.58 bits per heavy atom. The standard InChI is InChI=1S/C13H5Cl4IO/c14-7-5-8(15)11(16)12(17)10(7)13(19)6-3-1-2-4-9(6)18/h1-5H. The Bertz CT molecular complexity index is 670. The van der Waals surface area contributed by atoms with Crippen LogP contribution in [0.4, 0.5) is 0 Å². The molecule has 0 aliphatic carbocycles. The Morgan fingerprint density at radius 3 is 2.21 bits per heavy atom. The smallest absolute Gasteiger partial charge is 0.197 e. The molecule has 0 heterocycles. The predicted octanol–water partition coefficient (Wildman–Crippen LogP) is 6.14. The van der Waals surface area contributed by atoms with Crippen molar-refractivity contribution in [1.29, 1.82) is 0 Å². The van der Waals surface area contributed by atoms with E-state index in [9.17, 15) is 4.79 Å². The lowest BCUT2D eigenvalue weighted by Gasteiger charge is -2.10. The van der Waals surface area contributed by atoms with Gasteiger partial charge in [0.2, 0.25) is 0 Å². The van der Waals surface area contributed by atoms with Gasteiger partial charge in [0.25, 0.3) is 0 Å². The van der Waals surface area contributed by atoms with Crippen LogP contribution in [0.2, 0.25) is 20.1 Å². The fourth-order valence-electron chi connectivity index (χ4n) is 1.55. The number of benzene rings is 2. The summed E-state index contributed by atoms with van der Waals surface area (Å²) < 4.78 is 0.809. The molecule has 0 fully saturated rings. The maximum atomic E-state index is 12.5. The van der Waals surface area contributed by atoms with Crippen molar-refractivity contribution >= 4 is 74.8 Å². The lowest BCUT2D eigenvalue weighted by Crippen LogP contribution is -2.05. The maximum Gasteiger partial charge on any atom is 0.197 e. The van der Waals surface area contributed by atoms with Gasteiger partial charge in [-0.1, -0.05) is 58.5 Å². The minimum Gasteiger partial charge on any atom is -0.288 e. The van der Waals surface area contributed by atoms with Crippen molar-refractivity contribution in [2.24, 2.45) is 0 Å². The molecule has 0 aliphatic heterocycles. The van der Waals surface area contributed by atoms with E-state index >= 15 is 0 Å². The Kier molecular flexibility index (Phi) is 5.01. The van der Waals surface area contributed by atoms with Crippen LogP contribution in [0.25, 0.3) is 0 Å². The van der Waals surface area contributed by atoms with E-state index in [-0.39, 0.29) is 31.4 Å². The van der Waals surface area contributed by atoms with E-state index in [4.69, 9.17) is 46.4 Å². The second-order valence-corrected chi connectivity index (χ2v) is 6.38. The topological polar surface area (TPSA) is 17.1 Å². The van der Waals surface area contributed by atoms with Crippen molar-refractivity contribution in [2.75, 3.05) is 0 Å². The third-order valence-corrected chi connectivity index (χ3v) is 4.96. The number of carbonyl (C=O) groups excluding carboxylic acids is 1. The molecule has 0 spiro atoms. The fraction of sp³-hybridized carbons (Fsp3) is 0. The fourth-order valence-corrected chi connectivity index (χ4v) is 3.27. The Hall–Kier alpha value is -0.000000000000000167. The van der Waals surface area contributed by atoms with E-state index in [0.717, 1.165) is 3.57 Å². The zero-order chi connectivity index (χ0) is 14.2. The van der Waals surface area contributed by atoms with Gasteiger partial charge >= 0.3 is 0 Å². The molecule has 0 amide bonds. The molecule has 6 heteroatoms. The molecule has 0 saturated heterocycles. The van der Waals surface area contributed by atoms with Crippen LogP contribution < -0.4 is 0 Å². The summed E-state index contributed by atoms with van der Waals surface area (Å²) in [5, 5.41) is 0.603. The van der Waals surface area contributed by atoms with Crippen LogP contribution in [-0.4, -0.2) is 5.78 Å². The van der Waals surface area contributed by atoms with Gasteiger partial charge in [-0.2, -0.15) is 0 Å². The van der Waals surface area contributed by atoms with Gasteiger partial charge in [0.05, 0.1) is 25.7 Å². The first-order valence-electron chi connectivity index (χ1n) is 5.05. The molecule has 0 atom stereocenters. The highest BCUT2D eigenvalue weighted by molar-refractivity contribution is 14.1. The minimum absolute atomic E-state index is 0.0730. The number of hydrogen-bond acceptors (Lipinski definition) is 1. The molecule has 0 bridgehead atoms. The van der Waals surface area contributed by atoms with Gasteiger partial charge in [-0.25, -0.2) is 0 Å². The van der Waals surface area contributed by atoms with Crippen LogP contribution in [0, 0.1) is 3.57 Å². The second-order valence-electron chi connectivity index (χ2n) is 3.65. The Morgan fingerprint density at radius 1 is 0.947 bits per heavy atom. The average molecular weight is 446 g/mol. The summed E-state index contributed by atoms with van der Waals surface area (Å²) in [5.74, 6) is -0.279. The van der Waals surface area contributed by atoms with E-state index in [0.29, 0.717) is 5.56 Å². The first-order chi connectivity index (χ1) is 8.93. The van der Waals surface area contributed by atoms with Gasteiger partial charge in [-0.15, -0.1) is 0 Å². The summed E-state index contributed by atoms with van der Waals surface area (Å²) in [6, 6.07) is 8.57. The number of rotatable bonds is 2. The van der Waals surface area contributed by atoms with Gasteiger partial charge in [-0.3, -0.25) is 4.79 Å². The zero-order valence-corrected chi connectivity index (χ0v) is 14.4. The van der Waals surface area contributed by atoms with Crippen molar-refractivity contribution < 1.29 is 4.79 Å². The highest BCUT2D eigenvalue weighted by Crippen LogP contribution is 2.38. The molecule has 0 N–H and O–H groups in total. The average Bonchev–Trinajstić information content (AvgIpc) is 2.36. The van der Waals surface area contributed by atoms with Gasteiger partial charge in [0.1, 0.15) is 0 Å². The van der Waals surface area contributed by atoms with E-state index < -0.39 is 0 Å². The van der Waals surface area contributed by atoms with Crippen LogP contribution in [-0.2, 0) is 0 Å². The van der Waals surface area contributed by atoms with E-state index in [2.05, 4.69) is 22.6 Å². The highest BCUT2D eigenvalue weighted by atomic mass is 127. The molecule has 1 nitrogen and oxygen atoms in total. The summed E-state index contributed by atoms with van der Waals surface area (Å²) in [4.78, 5) is 12.5. The van der Waals surface area contributed by atoms with Gasteiger partial charge in [0, 0.05) is 9.13 Å². The molecular weight excluding hydrogens is 441 g/mol. The highest BCUT2D eigenvalue weighted by Gasteiger charge is 2.22. The quantitative estimate of drug-likeness (QED) is 0.235. The van der Waals surface area contributed by atoms with Gasteiger partial charge in [-0.05, 0) is 40.8 Å². The molecule has 0 aliphatic rings. The van der Waals surface area contributed by atoms with E-state index in [1.54, 1.807) is 12.1 Å². The molecule has 98 valence electrons. The van der Waals surface area contributed by atoms with Crippen LogP contribution in [0.1, 0.15) is 15.9 Å². The zero-order valence-electron chi connectivity index (χ0n) is 9.18. The lowest BCUT2D eigenvalue weighted by molar-refractivity contribution is 0.103. The molecule has 2 rings (SSSR count). The maximum absolute atomic E-state index is 12.5. The van der Waals surface area contributed by atoms with Crippen LogP contribution in [0.5, 0.6) is 0 Å². The molecule has 0 saturated carbocycles. The first kappa shape index (κ1) is 15.4. The summed E-state index contributed by atoms with van der Waals surface area (Å²) in [6.07, 6.45) is 0. The van der Waals surface area contributed by atoms with Gasteiger partial charge in [0.15, 0.2) is 5.78 Å². The van der Waals surface area contributed by atoms with Crippen molar-refractivity contribution in [2.45, 2.75) is 0 Å². The van der Waals surface area contributed by atoms with Crippen molar-refractivity contribution in [3.63, 3.8) is 0 Å². The molecule has 0 radical (unpaired) electrons. The molecule has 2 aromatic rings. The molecular formula is C13H5Cl4IO. The SMILES string of the molecule is O=C(c1ccccc1I)c1c(Cl)cc(Cl)c(Cl)c1Cl. The summed E-state index contributed by atoms with van der Waals surface area (Å²) in [7, 11) is 0. The number of halogens is 5. The second kappa shape index (κ2) is 6.19. The summed E-state index contributed by atoms with van der Waals surface area (Å²) in [5.41, 5.74) is 0.687. The number of ketones is 1. The molecule has 19 heavy (non-hydrogen) atoms. The van der Waals surface area contributed by atoms with E-state index in [1.165, 1.54) is 6.07 Å². The van der Waals surface area contributed by atoms with Gasteiger partial charge < -0.3 is 0 Å². The lowest BCUT2D eigenvalue weighted by atomic mass is 10.0. The minimum atomic E-state index is -0.279. The predicted molar refractivity (Wildman–Crippen MR) is 89.1 cm³/mol. The van der Waals surface area contributed by atoms with Crippen molar-refractivity contribution in [3.8, 4) is 0 Å². The molecule has 2 aromatic carbocycles. The van der Waals surface area contributed by atoms with Crippen LogP contribution >= 0.6 is 69.0 Å². The van der Waals surface area contributed by atoms with E-state index in [1.807, 2.05) is 12.1 Å². The Balaban J connectivity index is 2.64. The van der Waals surface area contributed by atoms with Crippen LogP contribution in [0.15, 0.2) is 30.3 Å². The Labute approximate surface area is 143 Å². The summed E-state index contributed by atoms with van der Waals surface area (Å²) in [6.45, 7) is 0.